The molecule has 0 unspecified atom stereocenters. The quantitative estimate of drug-likeness (QED) is 0.452. The zero-order chi connectivity index (χ0) is 19.6. The van der Waals surface area contributed by atoms with Gasteiger partial charge in [0.25, 0.3) is 0 Å². The molecule has 2 rings (SSSR count). The Morgan fingerprint density at radius 1 is 1.15 bits per heavy atom. The van der Waals surface area contributed by atoms with Gasteiger partial charge in [-0.2, -0.15) is 0 Å². The molecule has 1 aliphatic carbocycles. The average molecular weight is 374 g/mol. The van der Waals surface area contributed by atoms with Crippen LogP contribution in [-0.2, 0) is 16.1 Å². The van der Waals surface area contributed by atoms with Crippen LogP contribution in [0.15, 0.2) is 29.3 Å². The molecule has 0 aliphatic heterocycles. The second-order valence-corrected chi connectivity index (χ2v) is 6.97. The van der Waals surface area contributed by atoms with Crippen LogP contribution in [0.1, 0.15) is 48.0 Å². The number of hydrogen-bond donors (Lipinski definition) is 2. The van der Waals surface area contributed by atoms with Crippen LogP contribution in [0.5, 0.6) is 0 Å². The highest BCUT2D eigenvalue weighted by Crippen LogP contribution is 2.17. The maximum Gasteiger partial charge on any atom is 0.337 e. The van der Waals surface area contributed by atoms with Crippen molar-refractivity contribution in [2.75, 3.05) is 27.7 Å². The lowest BCUT2D eigenvalue weighted by Gasteiger charge is -2.25. The number of likely N-dealkylation sites (N-methyl/N-ethyl adjacent to an activating group) is 1. The third-order valence-electron chi connectivity index (χ3n) is 4.65. The van der Waals surface area contributed by atoms with Crippen molar-refractivity contribution in [3.8, 4) is 0 Å². The Balaban J connectivity index is 2.01. The van der Waals surface area contributed by atoms with Crippen LogP contribution in [0.4, 0.5) is 0 Å². The summed E-state index contributed by atoms with van der Waals surface area (Å²) in [5, 5.41) is 6.58. The summed E-state index contributed by atoms with van der Waals surface area (Å²) in [5.41, 5.74) is 1.49. The number of aliphatic imine (C=N–C) groups is 1. The molecule has 1 aromatic carbocycles. The first-order valence-corrected chi connectivity index (χ1v) is 9.42. The number of guanidine groups is 1. The number of carbonyl (C=O) groups is 2. The summed E-state index contributed by atoms with van der Waals surface area (Å²) in [6, 6.07) is 7.57. The fourth-order valence-corrected chi connectivity index (χ4v) is 2.94. The molecular weight excluding hydrogens is 344 g/mol. The van der Waals surface area contributed by atoms with Gasteiger partial charge in [0.1, 0.15) is 0 Å². The molecule has 1 saturated carbocycles. The van der Waals surface area contributed by atoms with E-state index in [0.29, 0.717) is 24.1 Å². The molecular formula is C20H30N4O3. The van der Waals surface area contributed by atoms with E-state index in [0.717, 1.165) is 18.4 Å². The van der Waals surface area contributed by atoms with Crippen molar-refractivity contribution >= 4 is 17.8 Å². The maximum absolute atomic E-state index is 11.9. The lowest BCUT2D eigenvalue weighted by molar-refractivity contribution is -0.127. The number of amides is 1. The Hall–Kier alpha value is -2.57. The van der Waals surface area contributed by atoms with E-state index in [1.807, 2.05) is 12.1 Å². The molecule has 148 valence electrons. The Morgan fingerprint density at radius 3 is 2.41 bits per heavy atom. The molecule has 7 nitrogen and oxygen atoms in total. The largest absolute Gasteiger partial charge is 0.465 e. The lowest BCUT2D eigenvalue weighted by atomic mass is 9.96. The number of benzene rings is 1. The second-order valence-electron chi connectivity index (χ2n) is 6.97. The minimum absolute atomic E-state index is 0.00410. The molecule has 0 aromatic heterocycles. The van der Waals surface area contributed by atoms with Crippen molar-refractivity contribution in [2.45, 2.75) is 44.7 Å². The topological polar surface area (TPSA) is 83.0 Å². The Labute approximate surface area is 161 Å². The zero-order valence-corrected chi connectivity index (χ0v) is 16.5. The number of esters is 1. The Kier molecular flexibility index (Phi) is 8.10. The van der Waals surface area contributed by atoms with Crippen molar-refractivity contribution in [3.05, 3.63) is 35.4 Å². The van der Waals surface area contributed by atoms with E-state index in [2.05, 4.69) is 15.6 Å². The van der Waals surface area contributed by atoms with Crippen LogP contribution in [0.2, 0.25) is 0 Å². The number of nitrogens with zero attached hydrogens (tertiary/aromatic N) is 2. The van der Waals surface area contributed by atoms with Gasteiger partial charge >= 0.3 is 5.97 Å². The predicted molar refractivity (Wildman–Crippen MR) is 106 cm³/mol. The Morgan fingerprint density at radius 2 is 1.81 bits per heavy atom. The van der Waals surface area contributed by atoms with Gasteiger partial charge in [-0.25, -0.2) is 9.79 Å². The van der Waals surface area contributed by atoms with Crippen LogP contribution in [0.3, 0.4) is 0 Å². The molecule has 0 atom stereocenters. The molecule has 27 heavy (non-hydrogen) atoms. The summed E-state index contributed by atoms with van der Waals surface area (Å²) >= 11 is 0. The summed E-state index contributed by atoms with van der Waals surface area (Å²) in [4.78, 5) is 29.6. The average Bonchev–Trinajstić information content (AvgIpc) is 2.70. The van der Waals surface area contributed by atoms with Crippen LogP contribution in [0, 0.1) is 0 Å². The molecule has 1 aromatic rings. The van der Waals surface area contributed by atoms with E-state index in [9.17, 15) is 9.59 Å². The van der Waals surface area contributed by atoms with E-state index in [1.54, 1.807) is 31.1 Å². The number of ether oxygens (including phenoxy) is 1. The van der Waals surface area contributed by atoms with Gasteiger partial charge in [-0.05, 0) is 30.5 Å². The SMILES string of the molecule is COC(=O)c1ccc(CN=C(NCC(=O)N(C)C)NC2CCCCC2)cc1. The van der Waals surface area contributed by atoms with Gasteiger partial charge in [-0.15, -0.1) is 0 Å². The van der Waals surface area contributed by atoms with Gasteiger partial charge in [0.2, 0.25) is 5.91 Å². The third kappa shape index (κ3) is 6.92. The maximum atomic E-state index is 11.9. The molecule has 2 N–H and O–H groups in total. The molecule has 1 fully saturated rings. The van der Waals surface area contributed by atoms with Crippen LogP contribution < -0.4 is 10.6 Å². The fraction of sp³-hybridized carbons (Fsp3) is 0.550. The van der Waals surface area contributed by atoms with Crippen molar-refractivity contribution in [1.82, 2.24) is 15.5 Å². The standard InChI is InChI=1S/C20H30N4O3/c1-24(2)18(25)14-22-20(23-17-7-5-4-6-8-17)21-13-15-9-11-16(12-10-15)19(26)27-3/h9-12,17H,4-8,13-14H2,1-3H3,(H2,21,22,23). The summed E-state index contributed by atoms with van der Waals surface area (Å²) in [5.74, 6) is 0.290. The van der Waals surface area contributed by atoms with Crippen LogP contribution >= 0.6 is 0 Å². The van der Waals surface area contributed by atoms with Gasteiger partial charge in [-0.3, -0.25) is 4.79 Å². The number of carbonyl (C=O) groups excluding carboxylic acids is 2. The highest BCUT2D eigenvalue weighted by atomic mass is 16.5. The van der Waals surface area contributed by atoms with E-state index in [1.165, 1.54) is 26.4 Å². The highest BCUT2D eigenvalue weighted by Gasteiger charge is 2.15. The van der Waals surface area contributed by atoms with Crippen LogP contribution in [0.25, 0.3) is 0 Å². The summed E-state index contributed by atoms with van der Waals surface area (Å²) in [6.07, 6.45) is 5.96. The second kappa shape index (κ2) is 10.5. The third-order valence-corrected chi connectivity index (χ3v) is 4.65. The predicted octanol–water partition coefficient (Wildman–Crippen LogP) is 1.93. The smallest absolute Gasteiger partial charge is 0.337 e. The number of nitrogens with one attached hydrogen (secondary N) is 2. The molecule has 7 heteroatoms. The minimum Gasteiger partial charge on any atom is -0.465 e. The monoisotopic (exact) mass is 374 g/mol. The molecule has 0 bridgehead atoms. The molecule has 0 saturated heterocycles. The molecule has 1 amide bonds. The first kappa shape index (κ1) is 20.7. The van der Waals surface area contributed by atoms with Gasteiger partial charge in [-0.1, -0.05) is 31.4 Å². The van der Waals surface area contributed by atoms with Crippen molar-refractivity contribution in [3.63, 3.8) is 0 Å². The van der Waals surface area contributed by atoms with E-state index < -0.39 is 0 Å². The van der Waals surface area contributed by atoms with Gasteiger partial charge in [0.05, 0.1) is 25.8 Å². The van der Waals surface area contributed by atoms with E-state index in [-0.39, 0.29) is 18.4 Å². The van der Waals surface area contributed by atoms with Crippen molar-refractivity contribution in [2.24, 2.45) is 4.99 Å². The van der Waals surface area contributed by atoms with E-state index in [4.69, 9.17) is 4.74 Å². The number of rotatable bonds is 6. The fourth-order valence-electron chi connectivity index (χ4n) is 2.94. The van der Waals surface area contributed by atoms with Gasteiger partial charge < -0.3 is 20.3 Å². The number of hydrogen-bond acceptors (Lipinski definition) is 4. The summed E-state index contributed by atoms with van der Waals surface area (Å²) in [6.45, 7) is 0.659. The summed E-state index contributed by atoms with van der Waals surface area (Å²) < 4.78 is 4.71. The zero-order valence-electron chi connectivity index (χ0n) is 16.5. The van der Waals surface area contributed by atoms with Crippen molar-refractivity contribution < 1.29 is 14.3 Å². The number of methoxy groups -OCH3 is 1. The Bertz CT molecular complexity index is 650. The molecule has 1 aliphatic rings. The lowest BCUT2D eigenvalue weighted by Crippen LogP contribution is -2.47. The van der Waals surface area contributed by atoms with Gasteiger partial charge in [0.15, 0.2) is 5.96 Å². The molecule has 0 radical (unpaired) electrons. The normalized spacial score (nSPS) is 15.1. The van der Waals surface area contributed by atoms with Gasteiger partial charge in [0, 0.05) is 20.1 Å². The minimum atomic E-state index is -0.353. The van der Waals surface area contributed by atoms with Crippen LogP contribution in [-0.4, -0.2) is 56.5 Å². The van der Waals surface area contributed by atoms with Crippen molar-refractivity contribution in [1.29, 1.82) is 0 Å². The summed E-state index contributed by atoms with van der Waals surface area (Å²) in [7, 11) is 4.83. The molecule has 0 spiro atoms. The first-order chi connectivity index (χ1) is 13.0. The van der Waals surface area contributed by atoms with E-state index >= 15 is 0 Å². The first-order valence-electron chi connectivity index (χ1n) is 9.42. The highest BCUT2D eigenvalue weighted by molar-refractivity contribution is 5.89. The molecule has 0 heterocycles.